The van der Waals surface area contributed by atoms with Crippen LogP contribution in [0.15, 0.2) is 30.3 Å². The van der Waals surface area contributed by atoms with E-state index in [9.17, 15) is 22.4 Å². The number of anilines is 1. The summed E-state index contributed by atoms with van der Waals surface area (Å²) < 4.78 is 51.9. The molecule has 0 radical (unpaired) electrons. The summed E-state index contributed by atoms with van der Waals surface area (Å²) in [5, 5.41) is 2.31. The van der Waals surface area contributed by atoms with E-state index in [-0.39, 0.29) is 5.69 Å². The highest BCUT2D eigenvalue weighted by atomic mass is 19.2. The maximum absolute atomic E-state index is 13.1. The highest BCUT2D eigenvalue weighted by molar-refractivity contribution is 6.04. The molecular weight excluding hydrogens is 274 g/mol. The number of hydrogen-bond acceptors (Lipinski definition) is 1. The number of rotatable bonds is 2. The normalized spacial score (nSPS) is 10.4. The Labute approximate surface area is 112 Å². The van der Waals surface area contributed by atoms with Crippen LogP contribution < -0.4 is 5.32 Å². The van der Waals surface area contributed by atoms with E-state index in [0.29, 0.717) is 17.7 Å². The number of benzene rings is 2. The van der Waals surface area contributed by atoms with E-state index in [1.54, 1.807) is 6.92 Å². The Kier molecular flexibility index (Phi) is 3.74. The highest BCUT2D eigenvalue weighted by Gasteiger charge is 2.15. The van der Waals surface area contributed by atoms with E-state index in [4.69, 9.17) is 0 Å². The van der Waals surface area contributed by atoms with E-state index >= 15 is 0 Å². The van der Waals surface area contributed by atoms with Gasteiger partial charge in [-0.3, -0.25) is 4.79 Å². The van der Waals surface area contributed by atoms with Crippen molar-refractivity contribution in [3.05, 3.63) is 64.7 Å². The first-order chi connectivity index (χ1) is 9.38. The van der Waals surface area contributed by atoms with Crippen LogP contribution in [-0.4, -0.2) is 5.91 Å². The van der Waals surface area contributed by atoms with Gasteiger partial charge in [-0.05, 0) is 36.8 Å². The maximum Gasteiger partial charge on any atom is 0.255 e. The van der Waals surface area contributed by atoms with Crippen molar-refractivity contribution in [1.82, 2.24) is 0 Å². The van der Waals surface area contributed by atoms with Crippen LogP contribution in [0.1, 0.15) is 15.9 Å². The number of carbonyl (C=O) groups is 1. The average Bonchev–Trinajstić information content (AvgIpc) is 2.39. The largest absolute Gasteiger partial charge is 0.322 e. The Bertz CT molecular complexity index is 662. The molecule has 0 atom stereocenters. The van der Waals surface area contributed by atoms with Crippen molar-refractivity contribution in [2.75, 3.05) is 5.32 Å². The van der Waals surface area contributed by atoms with Gasteiger partial charge in [0.15, 0.2) is 17.5 Å². The fourth-order valence-electron chi connectivity index (χ4n) is 1.61. The third-order valence-corrected chi connectivity index (χ3v) is 2.69. The van der Waals surface area contributed by atoms with Crippen molar-refractivity contribution >= 4 is 11.6 Å². The molecular formula is C14H9F4NO. The standard InChI is InChI=1S/C14H9F4NO/c1-7-2-3-9(15)6-12(7)19-14(20)8-4-10(16)13(18)11(17)5-8/h2-6H,1H3,(H,19,20). The van der Waals surface area contributed by atoms with Crippen molar-refractivity contribution in [1.29, 1.82) is 0 Å². The van der Waals surface area contributed by atoms with Gasteiger partial charge in [-0.25, -0.2) is 17.6 Å². The molecule has 0 saturated carbocycles. The number of halogens is 4. The monoisotopic (exact) mass is 283 g/mol. The molecule has 1 amide bonds. The van der Waals surface area contributed by atoms with Crippen LogP contribution in [0.5, 0.6) is 0 Å². The molecule has 0 aromatic heterocycles. The maximum atomic E-state index is 13.1. The van der Waals surface area contributed by atoms with Gasteiger partial charge in [0.2, 0.25) is 0 Å². The fraction of sp³-hybridized carbons (Fsp3) is 0.0714. The van der Waals surface area contributed by atoms with Crippen LogP contribution in [0.25, 0.3) is 0 Å². The molecule has 104 valence electrons. The summed E-state index contributed by atoms with van der Waals surface area (Å²) in [6, 6.07) is 4.87. The summed E-state index contributed by atoms with van der Waals surface area (Å²) in [6.45, 7) is 1.63. The Morgan fingerprint density at radius 1 is 1.00 bits per heavy atom. The molecule has 2 aromatic carbocycles. The molecule has 0 aliphatic carbocycles. The van der Waals surface area contributed by atoms with Gasteiger partial charge in [0, 0.05) is 11.3 Å². The molecule has 0 heterocycles. The Morgan fingerprint density at radius 2 is 1.60 bits per heavy atom. The first kappa shape index (κ1) is 14.0. The van der Waals surface area contributed by atoms with E-state index in [1.165, 1.54) is 12.1 Å². The smallest absolute Gasteiger partial charge is 0.255 e. The van der Waals surface area contributed by atoms with Crippen LogP contribution in [0.3, 0.4) is 0 Å². The average molecular weight is 283 g/mol. The predicted octanol–water partition coefficient (Wildman–Crippen LogP) is 3.80. The quantitative estimate of drug-likeness (QED) is 0.659. The van der Waals surface area contributed by atoms with Gasteiger partial charge in [0.1, 0.15) is 5.82 Å². The second kappa shape index (κ2) is 5.32. The lowest BCUT2D eigenvalue weighted by Crippen LogP contribution is -2.14. The van der Waals surface area contributed by atoms with Gasteiger partial charge in [0.25, 0.3) is 5.91 Å². The zero-order valence-electron chi connectivity index (χ0n) is 10.3. The number of hydrogen-bond donors (Lipinski definition) is 1. The van der Waals surface area contributed by atoms with Crippen LogP contribution >= 0.6 is 0 Å². The van der Waals surface area contributed by atoms with E-state index in [0.717, 1.165) is 6.07 Å². The van der Waals surface area contributed by atoms with E-state index < -0.39 is 34.7 Å². The van der Waals surface area contributed by atoms with Gasteiger partial charge in [-0.15, -0.1) is 0 Å². The molecule has 0 aliphatic heterocycles. The molecule has 2 aromatic rings. The SMILES string of the molecule is Cc1ccc(F)cc1NC(=O)c1cc(F)c(F)c(F)c1. The van der Waals surface area contributed by atoms with Crippen molar-refractivity contribution in [2.24, 2.45) is 0 Å². The minimum Gasteiger partial charge on any atom is -0.322 e. The number of aryl methyl sites for hydroxylation is 1. The Balaban J connectivity index is 2.31. The van der Waals surface area contributed by atoms with Gasteiger partial charge in [-0.1, -0.05) is 6.07 Å². The second-order valence-electron chi connectivity index (χ2n) is 4.17. The molecule has 0 saturated heterocycles. The zero-order chi connectivity index (χ0) is 14.9. The van der Waals surface area contributed by atoms with Gasteiger partial charge >= 0.3 is 0 Å². The molecule has 6 heteroatoms. The Morgan fingerprint density at radius 3 is 2.20 bits per heavy atom. The fourth-order valence-corrected chi connectivity index (χ4v) is 1.61. The molecule has 0 spiro atoms. The molecule has 0 bridgehead atoms. The summed E-state index contributed by atoms with van der Waals surface area (Å²) >= 11 is 0. The summed E-state index contributed by atoms with van der Waals surface area (Å²) in [7, 11) is 0. The summed E-state index contributed by atoms with van der Waals surface area (Å²) in [6.07, 6.45) is 0. The van der Waals surface area contributed by atoms with Crippen LogP contribution in [-0.2, 0) is 0 Å². The lowest BCUT2D eigenvalue weighted by Gasteiger charge is -2.09. The minimum atomic E-state index is -1.65. The summed E-state index contributed by atoms with van der Waals surface area (Å²) in [5.41, 5.74) is 0.341. The first-order valence-corrected chi connectivity index (χ1v) is 5.60. The van der Waals surface area contributed by atoms with Crippen molar-refractivity contribution in [3.8, 4) is 0 Å². The van der Waals surface area contributed by atoms with Crippen molar-refractivity contribution in [3.63, 3.8) is 0 Å². The van der Waals surface area contributed by atoms with Crippen LogP contribution in [0.4, 0.5) is 23.2 Å². The Hall–Kier alpha value is -2.37. The molecule has 0 unspecified atom stereocenters. The molecule has 0 aliphatic rings. The lowest BCUT2D eigenvalue weighted by atomic mass is 10.1. The third kappa shape index (κ3) is 2.79. The molecule has 0 fully saturated rings. The topological polar surface area (TPSA) is 29.1 Å². The first-order valence-electron chi connectivity index (χ1n) is 5.60. The summed E-state index contributed by atoms with van der Waals surface area (Å²) in [5.74, 6) is -6.01. The number of carbonyl (C=O) groups excluding carboxylic acids is 1. The van der Waals surface area contributed by atoms with Crippen molar-refractivity contribution in [2.45, 2.75) is 6.92 Å². The lowest BCUT2D eigenvalue weighted by molar-refractivity contribution is 0.102. The molecule has 2 nitrogen and oxygen atoms in total. The van der Waals surface area contributed by atoms with E-state index in [1.807, 2.05) is 0 Å². The highest BCUT2D eigenvalue weighted by Crippen LogP contribution is 2.19. The molecule has 20 heavy (non-hydrogen) atoms. The number of nitrogens with one attached hydrogen (secondary N) is 1. The third-order valence-electron chi connectivity index (χ3n) is 2.69. The van der Waals surface area contributed by atoms with Crippen molar-refractivity contribution < 1.29 is 22.4 Å². The molecule has 2 rings (SSSR count). The molecule has 1 N–H and O–H groups in total. The van der Waals surface area contributed by atoms with Gasteiger partial charge in [-0.2, -0.15) is 0 Å². The second-order valence-corrected chi connectivity index (χ2v) is 4.17. The van der Waals surface area contributed by atoms with Crippen LogP contribution in [0.2, 0.25) is 0 Å². The van der Waals surface area contributed by atoms with E-state index in [2.05, 4.69) is 5.32 Å². The minimum absolute atomic E-state index is 0.167. The van der Waals surface area contributed by atoms with Gasteiger partial charge < -0.3 is 5.32 Å². The predicted molar refractivity (Wildman–Crippen MR) is 65.4 cm³/mol. The van der Waals surface area contributed by atoms with Gasteiger partial charge in [0.05, 0.1) is 0 Å². The zero-order valence-corrected chi connectivity index (χ0v) is 10.3. The summed E-state index contributed by atoms with van der Waals surface area (Å²) in [4.78, 5) is 11.8. The number of amides is 1. The van der Waals surface area contributed by atoms with Crippen LogP contribution in [0, 0.1) is 30.2 Å².